The van der Waals surface area contributed by atoms with Gasteiger partial charge in [-0.3, -0.25) is 9.78 Å². The van der Waals surface area contributed by atoms with Crippen molar-refractivity contribution in [2.24, 2.45) is 0 Å². The van der Waals surface area contributed by atoms with Crippen LogP contribution >= 0.6 is 0 Å². The van der Waals surface area contributed by atoms with Gasteiger partial charge in [0.05, 0.1) is 19.9 Å². The summed E-state index contributed by atoms with van der Waals surface area (Å²) in [6.45, 7) is 0. The number of amides is 1. The third kappa shape index (κ3) is 3.71. The largest absolute Gasteiger partial charge is 0.493 e. The minimum absolute atomic E-state index is 0.380. The van der Waals surface area contributed by atoms with Crippen LogP contribution in [0.5, 0.6) is 11.5 Å². The van der Waals surface area contributed by atoms with Crippen LogP contribution in [0.3, 0.4) is 0 Å². The number of aromatic nitrogens is 1. The molecule has 1 heterocycles. The fourth-order valence-corrected chi connectivity index (χ4v) is 1.93. The van der Waals surface area contributed by atoms with E-state index in [1.165, 1.54) is 26.5 Å². The van der Waals surface area contributed by atoms with Gasteiger partial charge in [0.25, 0.3) is 0 Å². The fourth-order valence-electron chi connectivity index (χ4n) is 1.93. The van der Waals surface area contributed by atoms with Crippen molar-refractivity contribution in [2.45, 2.75) is 6.18 Å². The third-order valence-electron chi connectivity index (χ3n) is 3.01. The first kappa shape index (κ1) is 16.6. The molecule has 8 heteroatoms. The van der Waals surface area contributed by atoms with Crippen LogP contribution in [-0.4, -0.2) is 31.3 Å². The summed E-state index contributed by atoms with van der Waals surface area (Å²) in [5.74, 6) is -1.07. The molecule has 0 aliphatic rings. The molecule has 0 aliphatic carbocycles. The first-order chi connectivity index (χ1) is 10.9. The van der Waals surface area contributed by atoms with Crippen molar-refractivity contribution >= 4 is 22.8 Å². The Kier molecular flexibility index (Phi) is 4.73. The van der Waals surface area contributed by atoms with Gasteiger partial charge < -0.3 is 14.8 Å². The van der Waals surface area contributed by atoms with Gasteiger partial charge in [0.15, 0.2) is 11.5 Å². The molecular weight excluding hydrogens is 313 g/mol. The monoisotopic (exact) mass is 326 g/mol. The highest BCUT2D eigenvalue weighted by atomic mass is 19.4. The summed E-state index contributed by atoms with van der Waals surface area (Å²) >= 11 is 0. The summed E-state index contributed by atoms with van der Waals surface area (Å²) in [5, 5.41) is 3.05. The maximum Gasteiger partial charge on any atom is 0.471 e. The van der Waals surface area contributed by atoms with Crippen LogP contribution in [0.25, 0.3) is 16.8 Å². The van der Waals surface area contributed by atoms with Crippen molar-refractivity contribution in [1.29, 1.82) is 0 Å². The molecule has 0 unspecified atom stereocenters. The highest BCUT2D eigenvalue weighted by Crippen LogP contribution is 2.33. The SMILES string of the molecule is COc1cc2ccnc(/C=C\NC(=O)C(F)(F)F)c2cc1OC. The van der Waals surface area contributed by atoms with Gasteiger partial charge in [0.1, 0.15) is 0 Å². The highest BCUT2D eigenvalue weighted by molar-refractivity contribution is 5.92. The molecule has 1 N–H and O–H groups in total. The first-order valence-electron chi connectivity index (χ1n) is 6.42. The quantitative estimate of drug-likeness (QED) is 0.938. The molecule has 0 fully saturated rings. The molecule has 23 heavy (non-hydrogen) atoms. The van der Waals surface area contributed by atoms with E-state index in [0.717, 1.165) is 11.6 Å². The van der Waals surface area contributed by atoms with E-state index in [9.17, 15) is 18.0 Å². The van der Waals surface area contributed by atoms with Crippen molar-refractivity contribution in [3.63, 3.8) is 0 Å². The Morgan fingerprint density at radius 3 is 2.48 bits per heavy atom. The molecule has 122 valence electrons. The average molecular weight is 326 g/mol. The Hall–Kier alpha value is -2.77. The Labute approximate surface area is 129 Å². The van der Waals surface area contributed by atoms with Crippen LogP contribution < -0.4 is 14.8 Å². The zero-order valence-corrected chi connectivity index (χ0v) is 12.3. The maximum atomic E-state index is 12.1. The van der Waals surface area contributed by atoms with E-state index in [-0.39, 0.29) is 0 Å². The molecule has 1 aromatic heterocycles. The zero-order chi connectivity index (χ0) is 17.0. The third-order valence-corrected chi connectivity index (χ3v) is 3.01. The molecule has 0 spiro atoms. The number of ether oxygens (including phenoxy) is 2. The number of nitrogens with one attached hydrogen (secondary N) is 1. The lowest BCUT2D eigenvalue weighted by Crippen LogP contribution is -2.33. The predicted octanol–water partition coefficient (Wildman–Crippen LogP) is 2.90. The second kappa shape index (κ2) is 6.55. The van der Waals surface area contributed by atoms with Gasteiger partial charge in [-0.1, -0.05) is 0 Å². The first-order valence-corrected chi connectivity index (χ1v) is 6.42. The number of fused-ring (bicyclic) bond motifs is 1. The predicted molar refractivity (Wildman–Crippen MR) is 78.1 cm³/mol. The molecule has 0 bridgehead atoms. The number of pyridine rings is 1. The summed E-state index contributed by atoms with van der Waals surface area (Å²) in [7, 11) is 2.97. The Balaban J connectivity index is 2.36. The van der Waals surface area contributed by atoms with Crippen LogP contribution in [0.15, 0.2) is 30.6 Å². The molecule has 0 saturated carbocycles. The van der Waals surface area contributed by atoms with E-state index >= 15 is 0 Å². The summed E-state index contributed by atoms with van der Waals surface area (Å²) in [6.07, 6.45) is -1.27. The molecule has 0 saturated heterocycles. The number of methoxy groups -OCH3 is 2. The minimum atomic E-state index is -4.94. The van der Waals surface area contributed by atoms with E-state index in [1.807, 2.05) is 0 Å². The van der Waals surface area contributed by atoms with Crippen molar-refractivity contribution in [3.05, 3.63) is 36.3 Å². The van der Waals surface area contributed by atoms with Gasteiger partial charge in [0, 0.05) is 17.8 Å². The number of halogens is 3. The lowest BCUT2D eigenvalue weighted by atomic mass is 10.1. The van der Waals surface area contributed by atoms with Crippen molar-refractivity contribution < 1.29 is 27.4 Å². The summed E-state index contributed by atoms with van der Waals surface area (Å²) in [6, 6.07) is 5.11. The molecule has 0 radical (unpaired) electrons. The van der Waals surface area contributed by atoms with Crippen LogP contribution in [0.4, 0.5) is 13.2 Å². The van der Waals surface area contributed by atoms with Crippen LogP contribution in [0, 0.1) is 0 Å². The number of rotatable bonds is 4. The second-order valence-electron chi connectivity index (χ2n) is 4.43. The highest BCUT2D eigenvalue weighted by Gasteiger charge is 2.37. The van der Waals surface area contributed by atoms with Crippen LogP contribution in [-0.2, 0) is 4.79 Å². The Bertz CT molecular complexity index is 757. The number of carbonyl (C=O) groups excluding carboxylic acids is 1. The molecule has 0 atom stereocenters. The summed E-state index contributed by atoms with van der Waals surface area (Å²) in [4.78, 5) is 14.8. The molecule has 5 nitrogen and oxygen atoms in total. The fraction of sp³-hybridized carbons (Fsp3) is 0.200. The Morgan fingerprint density at radius 1 is 1.22 bits per heavy atom. The van der Waals surface area contributed by atoms with Gasteiger partial charge >= 0.3 is 12.1 Å². The van der Waals surface area contributed by atoms with Gasteiger partial charge in [-0.15, -0.1) is 0 Å². The molecule has 1 aromatic carbocycles. The maximum absolute atomic E-state index is 12.1. The number of nitrogens with zero attached hydrogens (tertiary/aromatic N) is 1. The van der Waals surface area contributed by atoms with Gasteiger partial charge in [-0.2, -0.15) is 13.2 Å². The normalized spacial score (nSPS) is 11.7. The van der Waals surface area contributed by atoms with Crippen LogP contribution in [0.1, 0.15) is 5.69 Å². The van der Waals surface area contributed by atoms with Gasteiger partial charge in [-0.05, 0) is 29.7 Å². The lowest BCUT2D eigenvalue weighted by Gasteiger charge is -2.10. The smallest absolute Gasteiger partial charge is 0.471 e. The number of benzene rings is 1. The van der Waals surface area contributed by atoms with Gasteiger partial charge in [0.2, 0.25) is 0 Å². The molecule has 0 aliphatic heterocycles. The van der Waals surface area contributed by atoms with Crippen molar-refractivity contribution in [3.8, 4) is 11.5 Å². The average Bonchev–Trinajstić information content (AvgIpc) is 2.52. The standard InChI is InChI=1S/C15H13F3N2O3/c1-22-12-7-9-3-5-19-11(10(9)8-13(12)23-2)4-6-20-14(21)15(16,17)18/h3-8H,1-2H3,(H,20,21)/b6-4-. The van der Waals surface area contributed by atoms with E-state index in [1.54, 1.807) is 23.5 Å². The van der Waals surface area contributed by atoms with Crippen LogP contribution in [0.2, 0.25) is 0 Å². The summed E-state index contributed by atoms with van der Waals surface area (Å²) in [5.41, 5.74) is 0.380. The lowest BCUT2D eigenvalue weighted by molar-refractivity contribution is -0.172. The molecule has 2 rings (SSSR count). The van der Waals surface area contributed by atoms with E-state index < -0.39 is 12.1 Å². The molecule has 2 aromatic rings. The number of alkyl halides is 3. The number of hydrogen-bond acceptors (Lipinski definition) is 4. The Morgan fingerprint density at radius 2 is 1.87 bits per heavy atom. The van der Waals surface area contributed by atoms with E-state index in [4.69, 9.17) is 9.47 Å². The van der Waals surface area contributed by atoms with Crippen molar-refractivity contribution in [2.75, 3.05) is 14.2 Å². The summed E-state index contributed by atoms with van der Waals surface area (Å²) < 4.78 is 46.7. The van der Waals surface area contributed by atoms with Gasteiger partial charge in [-0.25, -0.2) is 0 Å². The minimum Gasteiger partial charge on any atom is -0.493 e. The zero-order valence-electron chi connectivity index (χ0n) is 12.3. The molecular formula is C15H13F3N2O3. The molecule has 1 amide bonds. The van der Waals surface area contributed by atoms with E-state index in [2.05, 4.69) is 4.98 Å². The topological polar surface area (TPSA) is 60.5 Å². The number of carbonyl (C=O) groups is 1. The number of hydrogen-bond donors (Lipinski definition) is 1. The second-order valence-corrected chi connectivity index (χ2v) is 4.43. The van der Waals surface area contributed by atoms with E-state index in [0.29, 0.717) is 22.6 Å². The van der Waals surface area contributed by atoms with Crippen molar-refractivity contribution in [1.82, 2.24) is 10.3 Å².